The van der Waals surface area contributed by atoms with Crippen molar-refractivity contribution < 1.29 is 38.4 Å². The maximum atomic E-state index is 12.5. The standard InChI is InChI=1S/C41H53N5O7/c1-42-36(47)15-7-11-27(12-8-16-37(48)43-2)28-19-21-32-34(25-28)53-35-26-29(46(23-9-17-38(49)44-3)24-10-18-39(50)45-4)20-22-33(35)40(32)30-13-5-6-14-31(30)41(51)52/h5-6,13-14,19-22,25-27,33,40H,7-12,15-18,23-24H2,1-4H3,(H4-,42,43,44,45,47,48,49,50,51,52)/p+1. The van der Waals surface area contributed by atoms with Crippen molar-refractivity contribution in [3.63, 3.8) is 0 Å². The molecule has 0 saturated carbocycles. The van der Waals surface area contributed by atoms with Crippen LogP contribution in [0.4, 0.5) is 0 Å². The molecule has 1 aliphatic carbocycles. The third kappa shape index (κ3) is 11.1. The van der Waals surface area contributed by atoms with Gasteiger partial charge in [0.2, 0.25) is 29.3 Å². The summed E-state index contributed by atoms with van der Waals surface area (Å²) in [5, 5.41) is 21.0. The van der Waals surface area contributed by atoms with Crippen LogP contribution >= 0.6 is 0 Å². The molecule has 0 fully saturated rings. The Kier molecular flexibility index (Phi) is 15.4. The normalized spacial score (nSPS) is 15.7. The first-order chi connectivity index (χ1) is 25.6. The van der Waals surface area contributed by atoms with Crippen molar-refractivity contribution in [2.75, 3.05) is 41.3 Å². The maximum Gasteiger partial charge on any atom is 0.335 e. The molecule has 0 aromatic heterocycles. The minimum Gasteiger partial charge on any atom is -0.478 e. The topological polar surface area (TPSA) is 166 Å². The number of hydrogen-bond donors (Lipinski definition) is 5. The highest BCUT2D eigenvalue weighted by atomic mass is 16.5. The number of benzene rings is 2. The molecule has 284 valence electrons. The van der Waals surface area contributed by atoms with Gasteiger partial charge in [-0.1, -0.05) is 36.4 Å². The highest BCUT2D eigenvalue weighted by Crippen LogP contribution is 2.49. The Balaban J connectivity index is 1.77. The molecule has 1 aliphatic heterocycles. The zero-order valence-electron chi connectivity index (χ0n) is 31.3. The summed E-state index contributed by atoms with van der Waals surface area (Å²) in [4.78, 5) is 60.7. The molecule has 2 aromatic carbocycles. The lowest BCUT2D eigenvalue weighted by atomic mass is 9.74. The Bertz CT molecular complexity index is 1700. The van der Waals surface area contributed by atoms with Gasteiger partial charge in [-0.3, -0.25) is 19.2 Å². The van der Waals surface area contributed by atoms with Crippen LogP contribution in [0.5, 0.6) is 5.75 Å². The van der Waals surface area contributed by atoms with Gasteiger partial charge in [-0.15, -0.1) is 0 Å². The van der Waals surface area contributed by atoms with Crippen LogP contribution in [0.15, 0.2) is 66.5 Å². The number of carbonyl (C=O) groups excluding carboxylic acids is 4. The van der Waals surface area contributed by atoms with E-state index in [0.717, 1.165) is 29.7 Å². The first-order valence-electron chi connectivity index (χ1n) is 18.6. The number of nitrogens with one attached hydrogen (secondary N) is 4. The minimum atomic E-state index is -1.01. The summed E-state index contributed by atoms with van der Waals surface area (Å²) < 4.78 is 8.92. The fraction of sp³-hybridized carbons (Fsp3) is 0.463. The number of nitrogens with zero attached hydrogens (tertiary/aromatic N) is 1. The molecule has 2 aliphatic rings. The van der Waals surface area contributed by atoms with Crippen LogP contribution in [0.1, 0.15) is 103 Å². The van der Waals surface area contributed by atoms with E-state index < -0.39 is 5.97 Å². The SMILES string of the molecule is CNC(=O)CCCC(CCCC(=O)NC)c1ccc2c(c1)OC1=CC(=[N+](CCCC(=O)NC)CCCC(=O)NC)C=CC1C2c1ccccc1C(=O)O. The van der Waals surface area contributed by atoms with Crippen LogP contribution in [0.25, 0.3) is 0 Å². The van der Waals surface area contributed by atoms with Gasteiger partial charge in [-0.25, -0.2) is 9.37 Å². The first kappa shape index (κ1) is 40.5. The van der Waals surface area contributed by atoms with Crippen molar-refractivity contribution in [3.8, 4) is 5.75 Å². The second kappa shape index (κ2) is 20.1. The van der Waals surface area contributed by atoms with E-state index in [2.05, 4.69) is 38.0 Å². The van der Waals surface area contributed by atoms with Crippen LogP contribution in [0, 0.1) is 5.92 Å². The number of amides is 4. The highest BCUT2D eigenvalue weighted by Gasteiger charge is 2.39. The van der Waals surface area contributed by atoms with Gasteiger partial charge in [0.25, 0.3) is 0 Å². The Morgan fingerprint density at radius 3 is 1.83 bits per heavy atom. The molecular formula is C41H54N5O7+. The van der Waals surface area contributed by atoms with Gasteiger partial charge in [0.15, 0.2) is 0 Å². The minimum absolute atomic E-state index is 0.0190. The number of carboxylic acids is 1. The van der Waals surface area contributed by atoms with Crippen LogP contribution in [0.2, 0.25) is 0 Å². The molecular weight excluding hydrogens is 674 g/mol. The van der Waals surface area contributed by atoms with Gasteiger partial charge < -0.3 is 31.1 Å². The number of carboxylic acid groups (broad SMARTS) is 1. The molecule has 2 unspecified atom stereocenters. The summed E-state index contributed by atoms with van der Waals surface area (Å²) in [6, 6.07) is 13.2. The summed E-state index contributed by atoms with van der Waals surface area (Å²) in [6.45, 7) is 1.18. The van der Waals surface area contributed by atoms with Gasteiger partial charge in [0.05, 0.1) is 5.56 Å². The lowest BCUT2D eigenvalue weighted by Crippen LogP contribution is -2.31. The van der Waals surface area contributed by atoms with Gasteiger partial charge in [0.1, 0.15) is 24.6 Å². The van der Waals surface area contributed by atoms with Gasteiger partial charge in [-0.05, 0) is 54.9 Å². The predicted molar refractivity (Wildman–Crippen MR) is 203 cm³/mol. The Hall–Kier alpha value is -5.26. The molecule has 0 bridgehead atoms. The lowest BCUT2D eigenvalue weighted by molar-refractivity contribution is -0.527. The molecule has 12 heteroatoms. The molecule has 4 amide bonds. The molecule has 0 spiro atoms. The van der Waals surface area contributed by atoms with Crippen molar-refractivity contribution in [1.82, 2.24) is 21.3 Å². The van der Waals surface area contributed by atoms with E-state index in [4.69, 9.17) is 4.74 Å². The number of rotatable bonds is 19. The molecule has 2 atom stereocenters. The fourth-order valence-electron chi connectivity index (χ4n) is 7.18. The van der Waals surface area contributed by atoms with Crippen LogP contribution in [-0.4, -0.2) is 86.3 Å². The fourth-order valence-corrected chi connectivity index (χ4v) is 7.18. The van der Waals surface area contributed by atoms with Crippen LogP contribution in [-0.2, 0) is 19.2 Å². The molecule has 2 aromatic rings. The largest absolute Gasteiger partial charge is 0.478 e. The predicted octanol–water partition coefficient (Wildman–Crippen LogP) is 4.40. The summed E-state index contributed by atoms with van der Waals surface area (Å²) >= 11 is 0. The average molecular weight is 729 g/mol. The quantitative estimate of drug-likeness (QED) is 0.134. The van der Waals surface area contributed by atoms with Gasteiger partial charge in [-0.2, -0.15) is 0 Å². The van der Waals surface area contributed by atoms with Crippen LogP contribution < -0.4 is 26.0 Å². The molecule has 0 saturated heterocycles. The van der Waals surface area contributed by atoms with Crippen molar-refractivity contribution in [2.45, 2.75) is 76.0 Å². The van der Waals surface area contributed by atoms with E-state index in [1.54, 1.807) is 40.3 Å². The van der Waals surface area contributed by atoms with E-state index in [1.807, 2.05) is 36.4 Å². The smallest absolute Gasteiger partial charge is 0.335 e. The molecule has 4 rings (SSSR count). The summed E-state index contributed by atoms with van der Waals surface area (Å²) in [5.74, 6) is -0.375. The van der Waals surface area contributed by atoms with Crippen LogP contribution in [0.3, 0.4) is 0 Å². The van der Waals surface area contributed by atoms with E-state index >= 15 is 0 Å². The van der Waals surface area contributed by atoms with E-state index in [1.165, 1.54) is 0 Å². The van der Waals surface area contributed by atoms with E-state index in [-0.39, 0.29) is 46.9 Å². The number of hydrogen-bond acceptors (Lipinski definition) is 6. The Morgan fingerprint density at radius 2 is 1.28 bits per heavy atom. The summed E-state index contributed by atoms with van der Waals surface area (Å²) in [6.07, 6.45) is 11.7. The third-order valence-corrected chi connectivity index (χ3v) is 10.1. The van der Waals surface area contributed by atoms with Gasteiger partial charge >= 0.3 is 5.97 Å². The highest BCUT2D eigenvalue weighted by molar-refractivity contribution is 6.02. The molecule has 5 N–H and O–H groups in total. The number of aromatic carboxylic acids is 1. The molecule has 12 nitrogen and oxygen atoms in total. The van der Waals surface area contributed by atoms with Crippen molar-refractivity contribution in [3.05, 3.63) is 88.7 Å². The van der Waals surface area contributed by atoms with E-state index in [9.17, 15) is 29.1 Å². The molecule has 0 radical (unpaired) electrons. The van der Waals surface area contributed by atoms with Crippen molar-refractivity contribution >= 4 is 35.3 Å². The zero-order valence-corrected chi connectivity index (χ0v) is 31.3. The second-order valence-corrected chi connectivity index (χ2v) is 13.5. The van der Waals surface area contributed by atoms with Crippen molar-refractivity contribution in [1.29, 1.82) is 0 Å². The number of fused-ring (bicyclic) bond motifs is 2. The number of allylic oxidation sites excluding steroid dienone is 3. The second-order valence-electron chi connectivity index (χ2n) is 13.5. The zero-order chi connectivity index (χ0) is 38.3. The monoisotopic (exact) mass is 728 g/mol. The molecule has 1 heterocycles. The number of carbonyl (C=O) groups is 5. The Labute approximate surface area is 312 Å². The molecule has 53 heavy (non-hydrogen) atoms. The average Bonchev–Trinajstić information content (AvgIpc) is 3.17. The van der Waals surface area contributed by atoms with Crippen molar-refractivity contribution in [2.24, 2.45) is 5.92 Å². The lowest BCUT2D eigenvalue weighted by Gasteiger charge is -2.36. The summed E-state index contributed by atoms with van der Waals surface area (Å²) in [5.41, 5.74) is 3.70. The first-order valence-corrected chi connectivity index (χ1v) is 18.6. The Morgan fingerprint density at radius 1 is 0.736 bits per heavy atom. The maximum absolute atomic E-state index is 12.5. The van der Waals surface area contributed by atoms with E-state index in [0.29, 0.717) is 81.5 Å². The third-order valence-electron chi connectivity index (χ3n) is 10.1. The summed E-state index contributed by atoms with van der Waals surface area (Å²) in [7, 11) is 6.49. The van der Waals surface area contributed by atoms with Gasteiger partial charge in [0, 0.05) is 96.3 Å². The number of ether oxygens (including phenoxy) is 1.